The summed E-state index contributed by atoms with van der Waals surface area (Å²) in [4.78, 5) is 25.2. The molecule has 112 valence electrons. The quantitative estimate of drug-likeness (QED) is 0.688. The van der Waals surface area contributed by atoms with Crippen LogP contribution in [0.4, 0.5) is 0 Å². The Balaban J connectivity index is 2.35. The predicted octanol–water partition coefficient (Wildman–Crippen LogP) is 3.49. The molecule has 0 aromatic carbocycles. The molecule has 0 N–H and O–H groups in total. The maximum absolute atomic E-state index is 12.5. The number of halogens is 2. The monoisotopic (exact) mass is 334 g/mol. The highest BCUT2D eigenvalue weighted by Crippen LogP contribution is 2.23. The Labute approximate surface area is 136 Å². The Morgan fingerprint density at radius 1 is 1.18 bits per heavy atom. The molecule has 0 saturated heterocycles. The highest BCUT2D eigenvalue weighted by atomic mass is 35.5. The lowest BCUT2D eigenvalue weighted by Crippen LogP contribution is -2.28. The summed E-state index contributed by atoms with van der Waals surface area (Å²) >= 11 is 12.0. The first kappa shape index (κ1) is 14.9. The van der Waals surface area contributed by atoms with Gasteiger partial charge in [0, 0.05) is 6.20 Å². The first-order valence-electron chi connectivity index (χ1n) is 6.77. The predicted molar refractivity (Wildman–Crippen MR) is 86.5 cm³/mol. The van der Waals surface area contributed by atoms with Crippen LogP contribution in [-0.4, -0.2) is 19.5 Å². The van der Waals surface area contributed by atoms with Crippen molar-refractivity contribution >= 4 is 34.4 Å². The van der Waals surface area contributed by atoms with Gasteiger partial charge in [0.15, 0.2) is 10.8 Å². The summed E-state index contributed by atoms with van der Waals surface area (Å²) in [6.45, 7) is 1.97. The molecule has 3 heterocycles. The molecule has 0 aliphatic rings. The second-order valence-corrected chi connectivity index (χ2v) is 5.48. The third-order valence-corrected chi connectivity index (χ3v) is 3.85. The molecule has 0 unspecified atom stereocenters. The van der Waals surface area contributed by atoms with Crippen LogP contribution in [0.15, 0.2) is 41.3 Å². The van der Waals surface area contributed by atoms with Gasteiger partial charge < -0.3 is 0 Å². The Hall–Kier alpha value is -1.98. The van der Waals surface area contributed by atoms with Crippen molar-refractivity contribution in [2.45, 2.75) is 19.4 Å². The van der Waals surface area contributed by atoms with Crippen molar-refractivity contribution in [1.29, 1.82) is 0 Å². The third-order valence-electron chi connectivity index (χ3n) is 3.39. The molecule has 0 fully saturated rings. The zero-order valence-electron chi connectivity index (χ0n) is 11.7. The Kier molecular flexibility index (Phi) is 4.09. The van der Waals surface area contributed by atoms with E-state index in [1.807, 2.05) is 25.1 Å². The van der Waals surface area contributed by atoms with Gasteiger partial charge >= 0.3 is 0 Å². The van der Waals surface area contributed by atoms with E-state index >= 15 is 0 Å². The molecule has 22 heavy (non-hydrogen) atoms. The van der Waals surface area contributed by atoms with Crippen molar-refractivity contribution < 1.29 is 0 Å². The van der Waals surface area contributed by atoms with Crippen LogP contribution >= 0.6 is 23.2 Å². The van der Waals surface area contributed by atoms with E-state index in [-0.39, 0.29) is 11.2 Å². The SMILES string of the molecule is CC[C@@H](c1ccccn1)n1c(=O)c(Cl)nc2ccc(Cl)nc21. The molecule has 7 heteroatoms. The van der Waals surface area contributed by atoms with Crippen molar-refractivity contribution in [3.63, 3.8) is 0 Å². The standard InChI is InChI=1S/C15H12Cl2N4O/c1-2-11(9-5-3-4-8-18-9)21-14-10(6-7-12(16)20-14)19-13(17)15(21)22/h3-8,11H,2H2,1H3/t11-/m0/s1. The number of hydrogen-bond acceptors (Lipinski definition) is 4. The van der Waals surface area contributed by atoms with Crippen molar-refractivity contribution in [2.75, 3.05) is 0 Å². The van der Waals surface area contributed by atoms with E-state index in [1.165, 1.54) is 4.57 Å². The topological polar surface area (TPSA) is 60.7 Å². The fourth-order valence-electron chi connectivity index (χ4n) is 2.42. The summed E-state index contributed by atoms with van der Waals surface area (Å²) in [5.41, 5.74) is 1.28. The minimum atomic E-state index is -0.401. The van der Waals surface area contributed by atoms with Gasteiger partial charge in [-0.25, -0.2) is 9.97 Å². The Morgan fingerprint density at radius 3 is 2.68 bits per heavy atom. The molecule has 5 nitrogen and oxygen atoms in total. The number of pyridine rings is 2. The van der Waals surface area contributed by atoms with Gasteiger partial charge in [-0.05, 0) is 30.7 Å². The average Bonchev–Trinajstić information content (AvgIpc) is 2.53. The first-order valence-corrected chi connectivity index (χ1v) is 7.52. The summed E-state index contributed by atoms with van der Waals surface area (Å²) in [6, 6.07) is 8.59. The zero-order valence-corrected chi connectivity index (χ0v) is 13.2. The zero-order chi connectivity index (χ0) is 15.7. The third kappa shape index (κ3) is 2.58. The van der Waals surface area contributed by atoms with Crippen LogP contribution in [0, 0.1) is 0 Å². The highest BCUT2D eigenvalue weighted by molar-refractivity contribution is 6.30. The van der Waals surface area contributed by atoms with E-state index in [0.29, 0.717) is 22.7 Å². The fraction of sp³-hybridized carbons (Fsp3) is 0.200. The number of nitrogens with zero attached hydrogens (tertiary/aromatic N) is 4. The van der Waals surface area contributed by atoms with Crippen molar-refractivity contribution in [1.82, 2.24) is 19.5 Å². The van der Waals surface area contributed by atoms with Crippen LogP contribution in [0.3, 0.4) is 0 Å². The molecule has 0 bridgehead atoms. The number of hydrogen-bond donors (Lipinski definition) is 0. The van der Waals surface area contributed by atoms with Gasteiger partial charge in [-0.15, -0.1) is 0 Å². The second kappa shape index (κ2) is 6.02. The minimum absolute atomic E-state index is 0.0917. The number of aromatic nitrogens is 4. The average molecular weight is 335 g/mol. The molecule has 0 aliphatic carbocycles. The van der Waals surface area contributed by atoms with Gasteiger partial charge in [-0.3, -0.25) is 14.3 Å². The first-order chi connectivity index (χ1) is 10.6. The maximum atomic E-state index is 12.5. The Bertz CT molecular complexity index is 880. The molecule has 0 radical (unpaired) electrons. The van der Waals surface area contributed by atoms with Crippen molar-refractivity contribution in [3.8, 4) is 0 Å². The lowest BCUT2D eigenvalue weighted by molar-refractivity contribution is 0.547. The van der Waals surface area contributed by atoms with E-state index in [4.69, 9.17) is 23.2 Å². The molecule has 0 aliphatic heterocycles. The summed E-state index contributed by atoms with van der Waals surface area (Å²) in [7, 11) is 0. The molecular weight excluding hydrogens is 323 g/mol. The van der Waals surface area contributed by atoms with Crippen LogP contribution in [0.1, 0.15) is 25.1 Å². The highest BCUT2D eigenvalue weighted by Gasteiger charge is 2.20. The van der Waals surface area contributed by atoms with Crippen LogP contribution < -0.4 is 5.56 Å². The summed E-state index contributed by atoms with van der Waals surface area (Å²) in [5, 5.41) is 0.201. The summed E-state index contributed by atoms with van der Waals surface area (Å²) < 4.78 is 1.51. The van der Waals surface area contributed by atoms with E-state index in [2.05, 4.69) is 15.0 Å². The van der Waals surface area contributed by atoms with E-state index in [1.54, 1.807) is 18.3 Å². The molecule has 3 rings (SSSR count). The molecule has 3 aromatic rings. The van der Waals surface area contributed by atoms with Crippen LogP contribution in [-0.2, 0) is 0 Å². The molecule has 0 saturated carbocycles. The largest absolute Gasteiger partial charge is 0.290 e. The van der Waals surface area contributed by atoms with Crippen molar-refractivity contribution in [3.05, 3.63) is 62.9 Å². The van der Waals surface area contributed by atoms with Gasteiger partial charge in [0.2, 0.25) is 0 Å². The van der Waals surface area contributed by atoms with Gasteiger partial charge in [-0.2, -0.15) is 0 Å². The van der Waals surface area contributed by atoms with E-state index in [0.717, 1.165) is 5.69 Å². The van der Waals surface area contributed by atoms with Gasteiger partial charge in [-0.1, -0.05) is 36.2 Å². The normalized spacial score (nSPS) is 12.5. The number of rotatable bonds is 3. The Morgan fingerprint density at radius 2 is 2.00 bits per heavy atom. The van der Waals surface area contributed by atoms with Crippen LogP contribution in [0.25, 0.3) is 11.2 Å². The summed E-state index contributed by atoms with van der Waals surface area (Å²) in [6.07, 6.45) is 2.34. The maximum Gasteiger partial charge on any atom is 0.290 e. The lowest BCUT2D eigenvalue weighted by Gasteiger charge is -2.19. The fourth-order valence-corrected chi connectivity index (χ4v) is 2.74. The van der Waals surface area contributed by atoms with Crippen molar-refractivity contribution in [2.24, 2.45) is 0 Å². The second-order valence-electron chi connectivity index (χ2n) is 4.73. The molecular formula is C15H12Cl2N4O. The smallest absolute Gasteiger partial charge is 0.279 e. The van der Waals surface area contributed by atoms with E-state index in [9.17, 15) is 4.79 Å². The molecule has 1 atom stereocenters. The van der Waals surface area contributed by atoms with E-state index < -0.39 is 5.56 Å². The summed E-state index contributed by atoms with van der Waals surface area (Å²) in [5.74, 6) is 0. The minimum Gasteiger partial charge on any atom is -0.279 e. The van der Waals surface area contributed by atoms with Crippen LogP contribution in [0.5, 0.6) is 0 Å². The van der Waals surface area contributed by atoms with Gasteiger partial charge in [0.25, 0.3) is 5.56 Å². The molecule has 3 aromatic heterocycles. The number of fused-ring (bicyclic) bond motifs is 1. The lowest BCUT2D eigenvalue weighted by atomic mass is 10.1. The van der Waals surface area contributed by atoms with Gasteiger partial charge in [0.1, 0.15) is 10.7 Å². The molecule has 0 amide bonds. The van der Waals surface area contributed by atoms with Crippen LogP contribution in [0.2, 0.25) is 10.3 Å². The molecule has 0 spiro atoms. The van der Waals surface area contributed by atoms with Gasteiger partial charge in [0.05, 0.1) is 11.7 Å².